The smallest absolute Gasteiger partial charge is 0.278 e. The molecule has 2 aromatic rings. The zero-order valence-corrected chi connectivity index (χ0v) is 14.5. The molecule has 1 N–H and O–H groups in total. The zero-order chi connectivity index (χ0) is 18.0. The van der Waals surface area contributed by atoms with Crippen molar-refractivity contribution in [2.75, 3.05) is 19.0 Å². The number of carbonyl (C=O) groups is 2. The summed E-state index contributed by atoms with van der Waals surface area (Å²) in [4.78, 5) is 26.9. The Labute approximate surface area is 146 Å². The predicted octanol–water partition coefficient (Wildman–Crippen LogP) is 3.22. The third kappa shape index (κ3) is 2.89. The van der Waals surface area contributed by atoms with Crippen LogP contribution >= 0.6 is 0 Å². The lowest BCUT2D eigenvalue weighted by molar-refractivity contribution is -0.136. The average Bonchev–Trinajstić information content (AvgIpc) is 2.86. The molecule has 3 rings (SSSR count). The average molecular weight is 336 g/mol. The lowest BCUT2D eigenvalue weighted by atomic mass is 10.0. The van der Waals surface area contributed by atoms with Gasteiger partial charge in [-0.3, -0.25) is 14.5 Å². The fourth-order valence-corrected chi connectivity index (χ4v) is 2.93. The Kier molecular flexibility index (Phi) is 4.57. The summed E-state index contributed by atoms with van der Waals surface area (Å²) in [5, 5.41) is 3.17. The Morgan fingerprint density at radius 3 is 2.36 bits per heavy atom. The Balaban J connectivity index is 2.17. The highest BCUT2D eigenvalue weighted by molar-refractivity contribution is 6.37. The molecule has 128 valence electrons. The summed E-state index contributed by atoms with van der Waals surface area (Å²) in [7, 11) is 1.55. The summed E-state index contributed by atoms with van der Waals surface area (Å²) in [6.07, 6.45) is 0. The van der Waals surface area contributed by atoms with Crippen molar-refractivity contribution < 1.29 is 14.3 Å². The first-order valence-electron chi connectivity index (χ1n) is 8.15. The first kappa shape index (κ1) is 16.8. The molecule has 2 amide bonds. The molecule has 1 heterocycles. The summed E-state index contributed by atoms with van der Waals surface area (Å²) in [5.41, 5.74) is 3.02. The van der Waals surface area contributed by atoms with E-state index in [1.165, 1.54) is 4.90 Å². The van der Waals surface area contributed by atoms with Gasteiger partial charge >= 0.3 is 0 Å². The molecule has 0 atom stereocenters. The van der Waals surface area contributed by atoms with E-state index >= 15 is 0 Å². The molecule has 0 aliphatic carbocycles. The molecule has 0 saturated heterocycles. The maximum Gasteiger partial charge on any atom is 0.278 e. The molecule has 2 aromatic carbocycles. The molecule has 0 radical (unpaired) electrons. The van der Waals surface area contributed by atoms with Crippen molar-refractivity contribution >= 4 is 23.1 Å². The van der Waals surface area contributed by atoms with Crippen LogP contribution in [0.2, 0.25) is 0 Å². The normalized spacial score (nSPS) is 14.3. The number of rotatable bonds is 5. The fraction of sp³-hybridized carbons (Fsp3) is 0.200. The minimum atomic E-state index is -0.323. The summed E-state index contributed by atoms with van der Waals surface area (Å²) in [5.74, 6) is -0.0783. The monoisotopic (exact) mass is 336 g/mol. The van der Waals surface area contributed by atoms with Crippen LogP contribution in [0.3, 0.4) is 0 Å². The van der Waals surface area contributed by atoms with Crippen molar-refractivity contribution in [3.8, 4) is 5.75 Å². The topological polar surface area (TPSA) is 58.6 Å². The highest BCUT2D eigenvalue weighted by Gasteiger charge is 2.39. The van der Waals surface area contributed by atoms with E-state index in [4.69, 9.17) is 4.74 Å². The van der Waals surface area contributed by atoms with Crippen LogP contribution in [0.1, 0.15) is 18.1 Å². The van der Waals surface area contributed by atoms with E-state index in [2.05, 4.69) is 5.32 Å². The lowest BCUT2D eigenvalue weighted by Gasteiger charge is -2.12. The van der Waals surface area contributed by atoms with Crippen molar-refractivity contribution in [1.82, 2.24) is 4.90 Å². The van der Waals surface area contributed by atoms with E-state index in [0.29, 0.717) is 23.4 Å². The van der Waals surface area contributed by atoms with E-state index in [1.54, 1.807) is 26.2 Å². The number of anilines is 1. The van der Waals surface area contributed by atoms with Crippen LogP contribution in [-0.2, 0) is 9.59 Å². The number of hydrogen-bond donors (Lipinski definition) is 1. The number of nitrogens with zero attached hydrogens (tertiary/aromatic N) is 1. The van der Waals surface area contributed by atoms with Crippen LogP contribution < -0.4 is 10.1 Å². The number of hydrogen-bond acceptors (Lipinski definition) is 4. The minimum Gasteiger partial charge on any atom is -0.496 e. The van der Waals surface area contributed by atoms with Crippen LogP contribution in [0.15, 0.2) is 54.2 Å². The van der Waals surface area contributed by atoms with Gasteiger partial charge in [-0.25, -0.2) is 0 Å². The number of amides is 2. The number of carbonyl (C=O) groups excluding carboxylic acids is 2. The van der Waals surface area contributed by atoms with Gasteiger partial charge in [0.2, 0.25) is 0 Å². The predicted molar refractivity (Wildman–Crippen MR) is 97.1 cm³/mol. The van der Waals surface area contributed by atoms with Crippen molar-refractivity contribution in [3.63, 3.8) is 0 Å². The molecule has 0 spiro atoms. The van der Waals surface area contributed by atoms with Gasteiger partial charge in [0.05, 0.1) is 12.7 Å². The van der Waals surface area contributed by atoms with Gasteiger partial charge in [-0.1, -0.05) is 36.4 Å². The summed E-state index contributed by atoms with van der Waals surface area (Å²) in [6.45, 7) is 4.05. The van der Waals surface area contributed by atoms with E-state index in [1.807, 2.05) is 43.3 Å². The minimum absolute atomic E-state index is 0.283. The Hall–Kier alpha value is -3.08. The highest BCUT2D eigenvalue weighted by atomic mass is 16.5. The second kappa shape index (κ2) is 6.81. The zero-order valence-electron chi connectivity index (χ0n) is 14.5. The number of likely N-dealkylation sites (N-methyl/N-ethyl adjacent to an activating group) is 1. The molecular formula is C20H20N2O3. The number of nitrogens with one attached hydrogen (secondary N) is 1. The molecule has 1 aliphatic rings. The van der Waals surface area contributed by atoms with E-state index in [9.17, 15) is 9.59 Å². The van der Waals surface area contributed by atoms with Gasteiger partial charge in [-0.2, -0.15) is 0 Å². The molecular weight excluding hydrogens is 316 g/mol. The van der Waals surface area contributed by atoms with Gasteiger partial charge in [0.25, 0.3) is 11.8 Å². The maximum absolute atomic E-state index is 12.9. The number of para-hydroxylation sites is 2. The van der Waals surface area contributed by atoms with Gasteiger partial charge in [0.1, 0.15) is 11.4 Å². The van der Waals surface area contributed by atoms with Crippen LogP contribution in [0.4, 0.5) is 5.69 Å². The van der Waals surface area contributed by atoms with Crippen molar-refractivity contribution in [1.29, 1.82) is 0 Å². The molecule has 5 nitrogen and oxygen atoms in total. The Morgan fingerprint density at radius 1 is 1.00 bits per heavy atom. The summed E-state index contributed by atoms with van der Waals surface area (Å²) in [6, 6.07) is 14.9. The first-order chi connectivity index (χ1) is 12.1. The van der Waals surface area contributed by atoms with E-state index in [-0.39, 0.29) is 17.5 Å². The molecule has 0 aromatic heterocycles. The maximum atomic E-state index is 12.9. The molecule has 0 bridgehead atoms. The third-order valence-corrected chi connectivity index (χ3v) is 4.27. The molecule has 0 fully saturated rings. The molecule has 25 heavy (non-hydrogen) atoms. The SMILES string of the molecule is CCN1C(=O)C(Nc2ccccc2C)=C(c2ccccc2OC)C1=O. The van der Waals surface area contributed by atoms with Gasteiger partial charge in [-0.15, -0.1) is 0 Å². The lowest BCUT2D eigenvalue weighted by Crippen LogP contribution is -2.32. The fourth-order valence-electron chi connectivity index (χ4n) is 2.93. The Bertz CT molecular complexity index is 871. The van der Waals surface area contributed by atoms with Gasteiger partial charge in [0, 0.05) is 17.8 Å². The van der Waals surface area contributed by atoms with E-state index < -0.39 is 0 Å². The van der Waals surface area contributed by atoms with Gasteiger partial charge < -0.3 is 10.1 Å². The van der Waals surface area contributed by atoms with Gasteiger partial charge in [0.15, 0.2) is 0 Å². The summed E-state index contributed by atoms with van der Waals surface area (Å²) >= 11 is 0. The summed E-state index contributed by atoms with van der Waals surface area (Å²) < 4.78 is 5.39. The molecule has 0 unspecified atom stereocenters. The quantitative estimate of drug-likeness (QED) is 0.852. The largest absolute Gasteiger partial charge is 0.496 e. The number of methoxy groups -OCH3 is 1. The van der Waals surface area contributed by atoms with Crippen LogP contribution in [0, 0.1) is 6.92 Å². The first-order valence-corrected chi connectivity index (χ1v) is 8.15. The molecule has 5 heteroatoms. The second-order valence-electron chi connectivity index (χ2n) is 5.74. The van der Waals surface area contributed by atoms with Crippen LogP contribution in [0.5, 0.6) is 5.75 Å². The second-order valence-corrected chi connectivity index (χ2v) is 5.74. The highest BCUT2D eigenvalue weighted by Crippen LogP contribution is 2.35. The van der Waals surface area contributed by atoms with E-state index in [0.717, 1.165) is 11.3 Å². The van der Waals surface area contributed by atoms with Crippen LogP contribution in [-0.4, -0.2) is 30.4 Å². The Morgan fingerprint density at radius 2 is 1.68 bits per heavy atom. The van der Waals surface area contributed by atoms with Gasteiger partial charge in [-0.05, 0) is 31.5 Å². The van der Waals surface area contributed by atoms with Crippen molar-refractivity contribution in [3.05, 3.63) is 65.4 Å². The number of ether oxygens (including phenoxy) is 1. The number of aryl methyl sites for hydroxylation is 1. The number of imide groups is 1. The molecule has 1 aliphatic heterocycles. The van der Waals surface area contributed by atoms with Crippen molar-refractivity contribution in [2.24, 2.45) is 0 Å². The number of benzene rings is 2. The van der Waals surface area contributed by atoms with Crippen molar-refractivity contribution in [2.45, 2.75) is 13.8 Å². The molecule has 0 saturated carbocycles. The van der Waals surface area contributed by atoms with Crippen LogP contribution in [0.25, 0.3) is 5.57 Å². The third-order valence-electron chi connectivity index (χ3n) is 4.27. The standard InChI is InChI=1S/C20H20N2O3/c1-4-22-19(23)17(14-10-6-8-12-16(14)25-3)18(20(22)24)21-15-11-7-5-9-13(15)2/h5-12,21H,4H2,1-3H3.